The van der Waals surface area contributed by atoms with Crippen LogP contribution in [0.2, 0.25) is 0 Å². The molecule has 0 bridgehead atoms. The summed E-state index contributed by atoms with van der Waals surface area (Å²) in [6, 6.07) is 7.93. The molecule has 3 heterocycles. The molecule has 0 fully saturated rings. The predicted octanol–water partition coefficient (Wildman–Crippen LogP) is 2.57. The average Bonchev–Trinajstić information content (AvgIpc) is 3.15. The molecule has 0 saturated heterocycles. The maximum Gasteiger partial charge on any atom is 0.228 e. The van der Waals surface area contributed by atoms with E-state index in [1.54, 1.807) is 0 Å². The molecule has 21 heavy (non-hydrogen) atoms. The molecule has 0 spiro atoms. The molecule has 5 heteroatoms. The molecule has 1 atom stereocenters. The third-order valence-corrected chi connectivity index (χ3v) is 4.19. The number of amides is 1. The Morgan fingerprint density at radius 1 is 1.38 bits per heavy atom. The Labute approximate surface area is 122 Å². The highest BCUT2D eigenvalue weighted by Crippen LogP contribution is 2.25. The molecule has 1 unspecified atom stereocenters. The monoisotopic (exact) mass is 280 g/mol. The number of anilines is 1. The molecule has 5 nitrogen and oxygen atoms in total. The number of hydrogen-bond acceptors (Lipinski definition) is 2. The molecule has 3 aromatic rings. The van der Waals surface area contributed by atoms with Crippen molar-refractivity contribution >= 4 is 22.5 Å². The van der Waals surface area contributed by atoms with Crippen LogP contribution in [0.25, 0.3) is 10.9 Å². The van der Waals surface area contributed by atoms with Crippen molar-refractivity contribution in [3.8, 4) is 0 Å². The van der Waals surface area contributed by atoms with Crippen LogP contribution in [-0.2, 0) is 17.8 Å². The number of aryl methyl sites for hydroxylation is 1. The average molecular weight is 280 g/mol. The fourth-order valence-electron chi connectivity index (χ4n) is 3.02. The van der Waals surface area contributed by atoms with E-state index in [9.17, 15) is 4.79 Å². The van der Waals surface area contributed by atoms with Crippen LogP contribution in [0.15, 0.2) is 43.0 Å². The number of H-pyrrole nitrogens is 1. The second-order valence-corrected chi connectivity index (χ2v) is 5.50. The van der Waals surface area contributed by atoms with Crippen molar-refractivity contribution in [3.63, 3.8) is 0 Å². The van der Waals surface area contributed by atoms with E-state index >= 15 is 0 Å². The van der Waals surface area contributed by atoms with E-state index in [-0.39, 0.29) is 11.8 Å². The van der Waals surface area contributed by atoms with Gasteiger partial charge in [0.25, 0.3) is 0 Å². The van der Waals surface area contributed by atoms with Gasteiger partial charge in [0.15, 0.2) is 0 Å². The van der Waals surface area contributed by atoms with Gasteiger partial charge in [-0.15, -0.1) is 0 Å². The van der Waals surface area contributed by atoms with Gasteiger partial charge in [0.05, 0.1) is 17.5 Å². The number of hydrogen-bond donors (Lipinski definition) is 2. The Kier molecular flexibility index (Phi) is 2.77. The number of aromatic amines is 1. The van der Waals surface area contributed by atoms with Crippen LogP contribution in [-0.4, -0.2) is 20.4 Å². The molecule has 1 amide bonds. The first-order valence-electron chi connectivity index (χ1n) is 7.17. The summed E-state index contributed by atoms with van der Waals surface area (Å²) in [5.74, 6) is 0.101. The van der Waals surface area contributed by atoms with Gasteiger partial charge >= 0.3 is 0 Å². The van der Waals surface area contributed by atoms with E-state index in [4.69, 9.17) is 0 Å². The SMILES string of the molecule is O=C(Nc1cccc2cc[nH]c12)C1CCn2cncc2C1. The van der Waals surface area contributed by atoms with E-state index in [2.05, 4.69) is 19.9 Å². The van der Waals surface area contributed by atoms with Crippen molar-refractivity contribution in [2.24, 2.45) is 5.92 Å². The van der Waals surface area contributed by atoms with Crippen LogP contribution in [0.4, 0.5) is 5.69 Å². The van der Waals surface area contributed by atoms with E-state index < -0.39 is 0 Å². The number of para-hydroxylation sites is 1. The van der Waals surface area contributed by atoms with Crippen LogP contribution >= 0.6 is 0 Å². The Hall–Kier alpha value is -2.56. The zero-order valence-electron chi connectivity index (χ0n) is 11.5. The van der Waals surface area contributed by atoms with Crippen molar-refractivity contribution in [1.29, 1.82) is 0 Å². The molecule has 2 aromatic heterocycles. The number of benzene rings is 1. The summed E-state index contributed by atoms with van der Waals surface area (Å²) in [6.45, 7) is 0.861. The number of rotatable bonds is 2. The van der Waals surface area contributed by atoms with Gasteiger partial charge < -0.3 is 14.9 Å². The normalized spacial score (nSPS) is 17.6. The van der Waals surface area contributed by atoms with Gasteiger partial charge in [-0.3, -0.25) is 4.79 Å². The van der Waals surface area contributed by atoms with Crippen molar-refractivity contribution in [1.82, 2.24) is 14.5 Å². The molecule has 1 aliphatic rings. The fourth-order valence-corrected chi connectivity index (χ4v) is 3.02. The molecule has 0 radical (unpaired) electrons. The molecular weight excluding hydrogens is 264 g/mol. The molecule has 4 rings (SSSR count). The lowest BCUT2D eigenvalue weighted by Crippen LogP contribution is -2.29. The smallest absolute Gasteiger partial charge is 0.228 e. The molecule has 0 saturated carbocycles. The predicted molar refractivity (Wildman–Crippen MR) is 81.0 cm³/mol. The number of nitrogens with zero attached hydrogens (tertiary/aromatic N) is 2. The van der Waals surface area contributed by atoms with Crippen molar-refractivity contribution in [2.75, 3.05) is 5.32 Å². The van der Waals surface area contributed by atoms with Gasteiger partial charge in [-0.25, -0.2) is 4.98 Å². The summed E-state index contributed by atoms with van der Waals surface area (Å²) < 4.78 is 2.12. The second-order valence-electron chi connectivity index (χ2n) is 5.50. The molecule has 106 valence electrons. The topological polar surface area (TPSA) is 62.7 Å². The molecule has 2 N–H and O–H groups in total. The first-order chi connectivity index (χ1) is 10.3. The van der Waals surface area contributed by atoms with Crippen molar-refractivity contribution in [3.05, 3.63) is 48.7 Å². The fraction of sp³-hybridized carbons (Fsp3) is 0.250. The third kappa shape index (κ3) is 2.11. The van der Waals surface area contributed by atoms with E-state index in [0.29, 0.717) is 0 Å². The largest absolute Gasteiger partial charge is 0.359 e. The van der Waals surface area contributed by atoms with E-state index in [1.807, 2.05) is 43.0 Å². The van der Waals surface area contributed by atoms with Gasteiger partial charge in [-0.05, 0) is 18.6 Å². The van der Waals surface area contributed by atoms with Gasteiger partial charge in [0.2, 0.25) is 5.91 Å². The maximum atomic E-state index is 12.5. The zero-order valence-corrected chi connectivity index (χ0v) is 11.5. The highest BCUT2D eigenvalue weighted by Gasteiger charge is 2.25. The lowest BCUT2D eigenvalue weighted by atomic mass is 9.95. The summed E-state index contributed by atoms with van der Waals surface area (Å²) in [5.41, 5.74) is 2.97. The van der Waals surface area contributed by atoms with Gasteiger partial charge in [0, 0.05) is 42.4 Å². The standard InChI is InChI=1S/C16H16N4O/c21-16(12-5-7-20-10-17-9-13(20)8-12)19-14-3-1-2-11-4-6-18-15(11)14/h1-4,6,9-10,12,18H,5,7-8H2,(H,19,21). The quantitative estimate of drug-likeness (QED) is 0.758. The minimum atomic E-state index is 0.0134. The van der Waals surface area contributed by atoms with Gasteiger partial charge in [-0.1, -0.05) is 12.1 Å². The minimum Gasteiger partial charge on any atom is -0.359 e. The molecule has 1 aliphatic heterocycles. The molecule has 1 aromatic carbocycles. The Balaban J connectivity index is 1.55. The number of carbonyl (C=O) groups is 1. The van der Waals surface area contributed by atoms with Crippen LogP contribution in [0, 0.1) is 5.92 Å². The number of nitrogens with one attached hydrogen (secondary N) is 2. The van der Waals surface area contributed by atoms with Crippen molar-refractivity contribution in [2.45, 2.75) is 19.4 Å². The van der Waals surface area contributed by atoms with Crippen LogP contribution < -0.4 is 5.32 Å². The summed E-state index contributed by atoms with van der Waals surface area (Å²) in [7, 11) is 0. The lowest BCUT2D eigenvalue weighted by molar-refractivity contribution is -0.120. The summed E-state index contributed by atoms with van der Waals surface area (Å²) in [4.78, 5) is 19.8. The molecule has 0 aliphatic carbocycles. The third-order valence-electron chi connectivity index (χ3n) is 4.19. The highest BCUT2D eigenvalue weighted by atomic mass is 16.1. The number of aromatic nitrogens is 3. The first kappa shape index (κ1) is 12.2. The maximum absolute atomic E-state index is 12.5. The summed E-state index contributed by atoms with van der Waals surface area (Å²) >= 11 is 0. The Morgan fingerprint density at radius 3 is 3.29 bits per heavy atom. The highest BCUT2D eigenvalue weighted by molar-refractivity contribution is 6.01. The first-order valence-corrected chi connectivity index (χ1v) is 7.17. The Bertz CT molecular complexity index is 801. The van der Waals surface area contributed by atoms with E-state index in [1.165, 1.54) is 0 Å². The van der Waals surface area contributed by atoms with Crippen LogP contribution in [0.3, 0.4) is 0 Å². The Morgan fingerprint density at radius 2 is 2.33 bits per heavy atom. The van der Waals surface area contributed by atoms with Crippen LogP contribution in [0.1, 0.15) is 12.1 Å². The summed E-state index contributed by atoms with van der Waals surface area (Å²) in [6.07, 6.45) is 7.19. The second kappa shape index (κ2) is 4.77. The summed E-state index contributed by atoms with van der Waals surface area (Å²) in [5, 5.41) is 4.17. The van der Waals surface area contributed by atoms with Gasteiger partial charge in [0.1, 0.15) is 0 Å². The number of imidazole rings is 1. The molecular formula is C16H16N4O. The number of fused-ring (bicyclic) bond motifs is 2. The lowest BCUT2D eigenvalue weighted by Gasteiger charge is -2.23. The zero-order chi connectivity index (χ0) is 14.2. The number of carbonyl (C=O) groups excluding carboxylic acids is 1. The van der Waals surface area contributed by atoms with Gasteiger partial charge in [-0.2, -0.15) is 0 Å². The van der Waals surface area contributed by atoms with Crippen LogP contribution in [0.5, 0.6) is 0 Å². The minimum absolute atomic E-state index is 0.0134. The van der Waals surface area contributed by atoms with E-state index in [0.717, 1.165) is 41.7 Å². The van der Waals surface area contributed by atoms with Crippen molar-refractivity contribution < 1.29 is 4.79 Å².